The van der Waals surface area contributed by atoms with E-state index in [4.69, 9.17) is 26.2 Å². The molecule has 1 aliphatic rings. The van der Waals surface area contributed by atoms with Crippen molar-refractivity contribution < 1.29 is 24.2 Å². The maximum Gasteiger partial charge on any atom is 0.303 e. The van der Waals surface area contributed by atoms with Crippen molar-refractivity contribution in [2.24, 2.45) is 5.10 Å². The van der Waals surface area contributed by atoms with Crippen LogP contribution in [0.15, 0.2) is 47.6 Å². The molecule has 1 heterocycles. The molecule has 0 bridgehead atoms. The van der Waals surface area contributed by atoms with Crippen molar-refractivity contribution >= 4 is 29.2 Å². The molecule has 1 aliphatic heterocycles. The van der Waals surface area contributed by atoms with Gasteiger partial charge in [-0.15, -0.1) is 0 Å². The van der Waals surface area contributed by atoms with Gasteiger partial charge in [-0.2, -0.15) is 5.10 Å². The lowest BCUT2D eigenvalue weighted by atomic mass is 9.98. The van der Waals surface area contributed by atoms with Gasteiger partial charge in [0.2, 0.25) is 5.91 Å². The number of carbonyl (C=O) groups is 2. The van der Waals surface area contributed by atoms with E-state index in [9.17, 15) is 9.59 Å². The van der Waals surface area contributed by atoms with Crippen LogP contribution >= 0.6 is 11.6 Å². The van der Waals surface area contributed by atoms with Crippen molar-refractivity contribution in [3.63, 3.8) is 0 Å². The summed E-state index contributed by atoms with van der Waals surface area (Å²) in [6, 6.07) is 12.3. The Kier molecular flexibility index (Phi) is 6.39. The van der Waals surface area contributed by atoms with Crippen molar-refractivity contribution in [3.8, 4) is 11.5 Å². The van der Waals surface area contributed by atoms with Crippen molar-refractivity contribution in [1.82, 2.24) is 5.01 Å². The first kappa shape index (κ1) is 20.7. The van der Waals surface area contributed by atoms with Crippen LogP contribution in [0.1, 0.15) is 36.4 Å². The number of carbonyl (C=O) groups excluding carboxylic acids is 1. The second-order valence-corrected chi connectivity index (χ2v) is 6.90. The van der Waals surface area contributed by atoms with E-state index in [0.717, 1.165) is 11.1 Å². The Morgan fingerprint density at radius 1 is 1.14 bits per heavy atom. The van der Waals surface area contributed by atoms with E-state index in [1.807, 2.05) is 24.3 Å². The third-order valence-corrected chi connectivity index (χ3v) is 5.04. The molecule has 1 amide bonds. The second-order valence-electron chi connectivity index (χ2n) is 6.49. The van der Waals surface area contributed by atoms with Gasteiger partial charge in [0.25, 0.3) is 0 Å². The molecule has 8 heteroatoms. The Hall–Kier alpha value is -3.06. The maximum atomic E-state index is 12.7. The number of benzene rings is 2. The van der Waals surface area contributed by atoms with Gasteiger partial charge in [0.05, 0.1) is 32.4 Å². The Morgan fingerprint density at radius 2 is 1.86 bits per heavy atom. The Morgan fingerprint density at radius 3 is 2.52 bits per heavy atom. The van der Waals surface area contributed by atoms with Crippen LogP contribution in [-0.2, 0) is 9.59 Å². The number of nitrogens with zero attached hydrogens (tertiary/aromatic N) is 2. The molecule has 1 N–H and O–H groups in total. The molecular weight excluding hydrogens is 396 g/mol. The molecule has 0 spiro atoms. The lowest BCUT2D eigenvalue weighted by Crippen LogP contribution is -2.27. The predicted octanol–water partition coefficient (Wildman–Crippen LogP) is 3.90. The molecule has 152 valence electrons. The normalized spacial score (nSPS) is 15.8. The number of hydrogen-bond donors (Lipinski definition) is 1. The molecule has 29 heavy (non-hydrogen) atoms. The van der Waals surface area contributed by atoms with Crippen molar-refractivity contribution in [1.29, 1.82) is 0 Å². The number of aliphatic carboxylic acids is 1. The average Bonchev–Trinajstić information content (AvgIpc) is 3.17. The third kappa shape index (κ3) is 4.51. The summed E-state index contributed by atoms with van der Waals surface area (Å²) in [6.45, 7) is 0. The number of carboxylic acid groups (broad SMARTS) is 1. The molecule has 0 fully saturated rings. The van der Waals surface area contributed by atoms with Crippen molar-refractivity contribution in [2.75, 3.05) is 14.2 Å². The first-order valence-corrected chi connectivity index (χ1v) is 9.40. The topological polar surface area (TPSA) is 88.4 Å². The summed E-state index contributed by atoms with van der Waals surface area (Å²) in [5, 5.41) is 15.3. The van der Waals surface area contributed by atoms with E-state index in [1.54, 1.807) is 32.4 Å². The Balaban J connectivity index is 1.96. The van der Waals surface area contributed by atoms with Crippen LogP contribution in [0, 0.1) is 0 Å². The summed E-state index contributed by atoms with van der Waals surface area (Å²) in [5.41, 5.74) is 2.23. The fourth-order valence-corrected chi connectivity index (χ4v) is 3.51. The van der Waals surface area contributed by atoms with E-state index >= 15 is 0 Å². The van der Waals surface area contributed by atoms with Gasteiger partial charge in [-0.05, 0) is 29.8 Å². The standard InChI is InChI=1S/C21H21ClN2O5/c1-28-18-8-7-13(11-19(18)29-2)16-12-17(14-5-3-4-6-15(14)22)24(23-16)20(25)9-10-21(26)27/h3-8,11,17H,9-10,12H2,1-2H3,(H,26,27)/t17-/m0/s1. The van der Waals surface area contributed by atoms with E-state index in [0.29, 0.717) is 28.7 Å². The molecule has 3 rings (SSSR count). The highest BCUT2D eigenvalue weighted by Gasteiger charge is 2.34. The monoisotopic (exact) mass is 416 g/mol. The van der Waals surface area contributed by atoms with Gasteiger partial charge >= 0.3 is 5.97 Å². The summed E-state index contributed by atoms with van der Waals surface area (Å²) in [4.78, 5) is 23.6. The molecule has 0 saturated carbocycles. The lowest BCUT2D eigenvalue weighted by molar-refractivity contribution is -0.141. The first-order chi connectivity index (χ1) is 13.9. The largest absolute Gasteiger partial charge is 0.493 e. The van der Waals surface area contributed by atoms with E-state index in [2.05, 4.69) is 5.10 Å². The lowest BCUT2D eigenvalue weighted by Gasteiger charge is -2.22. The molecule has 2 aromatic rings. The van der Waals surface area contributed by atoms with Crippen molar-refractivity contribution in [2.45, 2.75) is 25.3 Å². The van der Waals surface area contributed by atoms with Gasteiger partial charge in [0, 0.05) is 23.4 Å². The average molecular weight is 417 g/mol. The fourth-order valence-electron chi connectivity index (χ4n) is 3.25. The Labute approximate surface area is 173 Å². The summed E-state index contributed by atoms with van der Waals surface area (Å²) < 4.78 is 10.6. The number of methoxy groups -OCH3 is 2. The highest BCUT2D eigenvalue weighted by Crippen LogP contribution is 2.38. The number of hydrogen-bond acceptors (Lipinski definition) is 5. The van der Waals surface area contributed by atoms with Gasteiger partial charge in [-0.1, -0.05) is 29.8 Å². The summed E-state index contributed by atoms with van der Waals surface area (Å²) in [7, 11) is 3.10. The third-order valence-electron chi connectivity index (χ3n) is 4.70. The van der Waals surface area contributed by atoms with Crippen LogP contribution in [0.4, 0.5) is 0 Å². The number of halogens is 1. The first-order valence-electron chi connectivity index (χ1n) is 9.02. The van der Waals surface area contributed by atoms with Gasteiger partial charge in [0.15, 0.2) is 11.5 Å². The molecule has 0 aromatic heterocycles. The smallest absolute Gasteiger partial charge is 0.303 e. The van der Waals surface area contributed by atoms with E-state index < -0.39 is 12.0 Å². The second kappa shape index (κ2) is 8.96. The minimum Gasteiger partial charge on any atom is -0.493 e. The van der Waals surface area contributed by atoms with Crippen LogP contribution < -0.4 is 9.47 Å². The number of carboxylic acids is 1. The highest BCUT2D eigenvalue weighted by molar-refractivity contribution is 6.31. The molecule has 1 atom stereocenters. The van der Waals surface area contributed by atoms with Crippen LogP contribution in [0.25, 0.3) is 0 Å². The van der Waals surface area contributed by atoms with Gasteiger partial charge in [0.1, 0.15) is 0 Å². The van der Waals surface area contributed by atoms with Crippen LogP contribution in [-0.4, -0.2) is 41.9 Å². The maximum absolute atomic E-state index is 12.7. The molecule has 0 saturated heterocycles. The van der Waals surface area contributed by atoms with Gasteiger partial charge < -0.3 is 14.6 Å². The number of rotatable bonds is 7. The minimum atomic E-state index is -1.03. The van der Waals surface area contributed by atoms with Crippen LogP contribution in [0.5, 0.6) is 11.5 Å². The molecular formula is C21H21ClN2O5. The zero-order chi connectivity index (χ0) is 21.0. The van der Waals surface area contributed by atoms with E-state index in [1.165, 1.54) is 5.01 Å². The number of hydrazone groups is 1. The molecule has 0 unspecified atom stereocenters. The van der Waals surface area contributed by atoms with Gasteiger partial charge in [-0.25, -0.2) is 5.01 Å². The van der Waals surface area contributed by atoms with Crippen molar-refractivity contribution in [3.05, 3.63) is 58.6 Å². The SMILES string of the molecule is COc1ccc(C2=NN(C(=O)CCC(=O)O)[C@H](c3ccccc3Cl)C2)cc1OC. The number of amides is 1. The quantitative estimate of drug-likeness (QED) is 0.739. The molecule has 0 radical (unpaired) electrons. The zero-order valence-electron chi connectivity index (χ0n) is 16.1. The summed E-state index contributed by atoms with van der Waals surface area (Å²) in [6.07, 6.45) is 0.0445. The summed E-state index contributed by atoms with van der Waals surface area (Å²) >= 11 is 6.36. The predicted molar refractivity (Wildman–Crippen MR) is 109 cm³/mol. The van der Waals surface area contributed by atoms with Crippen LogP contribution in [0.2, 0.25) is 5.02 Å². The Bertz CT molecular complexity index is 960. The molecule has 0 aliphatic carbocycles. The molecule has 7 nitrogen and oxygen atoms in total. The molecule has 2 aromatic carbocycles. The zero-order valence-corrected chi connectivity index (χ0v) is 16.8. The highest BCUT2D eigenvalue weighted by atomic mass is 35.5. The summed E-state index contributed by atoms with van der Waals surface area (Å²) in [5.74, 6) is -0.256. The number of ether oxygens (including phenoxy) is 2. The van der Waals surface area contributed by atoms with E-state index in [-0.39, 0.29) is 18.7 Å². The fraction of sp³-hybridized carbons (Fsp3) is 0.286. The van der Waals surface area contributed by atoms with Gasteiger partial charge in [-0.3, -0.25) is 9.59 Å². The minimum absolute atomic E-state index is 0.140. The van der Waals surface area contributed by atoms with Crippen LogP contribution in [0.3, 0.4) is 0 Å².